The van der Waals surface area contributed by atoms with Gasteiger partial charge in [0, 0.05) is 11.3 Å². The largest absolute Gasteiger partial charge is 0.454 e. The standard InChI is InChI=1S/C18H17N5O3/c1-11-4-3-5-12(2)17(11)19-16(24)9-23-21-18(20-22-23)13-6-7-14-15(8-13)26-10-25-14/h3-8H,9-10H2,1-2H3,(H,19,24). The SMILES string of the molecule is Cc1cccc(C)c1NC(=O)Cn1nnc(-c2ccc3c(c2)OCO3)n1. The van der Waals surface area contributed by atoms with Crippen LogP contribution in [-0.4, -0.2) is 32.9 Å². The van der Waals surface area contributed by atoms with Gasteiger partial charge in [-0.25, -0.2) is 0 Å². The predicted molar refractivity (Wildman–Crippen MR) is 93.9 cm³/mol. The molecule has 1 aromatic heterocycles. The molecular weight excluding hydrogens is 334 g/mol. The van der Waals surface area contributed by atoms with Crippen LogP contribution in [0.2, 0.25) is 0 Å². The van der Waals surface area contributed by atoms with Gasteiger partial charge in [0.2, 0.25) is 18.5 Å². The maximum Gasteiger partial charge on any atom is 0.248 e. The Labute approximate surface area is 149 Å². The van der Waals surface area contributed by atoms with E-state index in [2.05, 4.69) is 20.7 Å². The summed E-state index contributed by atoms with van der Waals surface area (Å²) in [7, 11) is 0. The third-order valence-electron chi connectivity index (χ3n) is 4.11. The molecule has 0 unspecified atom stereocenters. The van der Waals surface area contributed by atoms with Crippen LogP contribution in [0.25, 0.3) is 11.4 Å². The molecule has 26 heavy (non-hydrogen) atoms. The molecular formula is C18H17N5O3. The van der Waals surface area contributed by atoms with E-state index < -0.39 is 0 Å². The number of para-hydroxylation sites is 1. The third-order valence-corrected chi connectivity index (χ3v) is 4.11. The minimum absolute atomic E-state index is 0.0225. The Morgan fingerprint density at radius 1 is 1.15 bits per heavy atom. The highest BCUT2D eigenvalue weighted by atomic mass is 16.7. The fourth-order valence-corrected chi connectivity index (χ4v) is 2.78. The van der Waals surface area contributed by atoms with Gasteiger partial charge in [0.05, 0.1) is 0 Å². The van der Waals surface area contributed by atoms with Crippen molar-refractivity contribution in [2.45, 2.75) is 20.4 Å². The molecule has 0 atom stereocenters. The molecule has 132 valence electrons. The first kappa shape index (κ1) is 16.1. The van der Waals surface area contributed by atoms with E-state index in [0.717, 1.165) is 22.4 Å². The summed E-state index contributed by atoms with van der Waals surface area (Å²) in [6, 6.07) is 11.3. The van der Waals surface area contributed by atoms with Crippen LogP contribution in [0.15, 0.2) is 36.4 Å². The Morgan fingerprint density at radius 2 is 1.92 bits per heavy atom. The number of amides is 1. The maximum atomic E-state index is 12.3. The van der Waals surface area contributed by atoms with Crippen molar-refractivity contribution in [3.8, 4) is 22.9 Å². The lowest BCUT2D eigenvalue weighted by molar-refractivity contribution is -0.117. The summed E-state index contributed by atoms with van der Waals surface area (Å²) in [4.78, 5) is 13.6. The summed E-state index contributed by atoms with van der Waals surface area (Å²) >= 11 is 0. The number of nitrogens with one attached hydrogen (secondary N) is 1. The van der Waals surface area contributed by atoms with Crippen molar-refractivity contribution in [3.05, 3.63) is 47.5 Å². The van der Waals surface area contributed by atoms with E-state index in [9.17, 15) is 4.79 Å². The number of rotatable bonds is 4. The molecule has 2 aromatic carbocycles. The first-order chi connectivity index (χ1) is 12.6. The predicted octanol–water partition coefficient (Wildman–Crippen LogP) is 2.32. The number of tetrazole rings is 1. The Balaban J connectivity index is 1.47. The molecule has 1 aliphatic heterocycles. The van der Waals surface area contributed by atoms with Crippen molar-refractivity contribution in [2.75, 3.05) is 12.1 Å². The lowest BCUT2D eigenvalue weighted by atomic mass is 10.1. The van der Waals surface area contributed by atoms with Crippen molar-refractivity contribution in [2.24, 2.45) is 0 Å². The Bertz CT molecular complexity index is 962. The molecule has 0 saturated heterocycles. The van der Waals surface area contributed by atoms with Gasteiger partial charge in [-0.3, -0.25) is 4.79 Å². The fraction of sp³-hybridized carbons (Fsp3) is 0.222. The summed E-state index contributed by atoms with van der Waals surface area (Å²) in [6.45, 7) is 4.09. The lowest BCUT2D eigenvalue weighted by Crippen LogP contribution is -2.21. The van der Waals surface area contributed by atoms with Gasteiger partial charge in [-0.1, -0.05) is 18.2 Å². The number of fused-ring (bicyclic) bond motifs is 1. The van der Waals surface area contributed by atoms with E-state index >= 15 is 0 Å². The second kappa shape index (κ2) is 6.47. The van der Waals surface area contributed by atoms with E-state index in [0.29, 0.717) is 17.3 Å². The van der Waals surface area contributed by atoms with Crippen LogP contribution < -0.4 is 14.8 Å². The highest BCUT2D eigenvalue weighted by Gasteiger charge is 2.16. The smallest absolute Gasteiger partial charge is 0.248 e. The van der Waals surface area contributed by atoms with Gasteiger partial charge in [0.25, 0.3) is 0 Å². The zero-order chi connectivity index (χ0) is 18.1. The van der Waals surface area contributed by atoms with Crippen LogP contribution >= 0.6 is 0 Å². The molecule has 0 aliphatic carbocycles. The summed E-state index contributed by atoms with van der Waals surface area (Å²) in [6.07, 6.45) is 0. The monoisotopic (exact) mass is 351 g/mol. The second-order valence-electron chi connectivity index (χ2n) is 6.03. The van der Waals surface area contributed by atoms with Crippen LogP contribution in [0.1, 0.15) is 11.1 Å². The molecule has 0 spiro atoms. The fourth-order valence-electron chi connectivity index (χ4n) is 2.78. The molecule has 0 saturated carbocycles. The van der Waals surface area contributed by atoms with Crippen molar-refractivity contribution in [1.82, 2.24) is 20.2 Å². The van der Waals surface area contributed by atoms with E-state index in [4.69, 9.17) is 9.47 Å². The molecule has 4 rings (SSSR count). The highest BCUT2D eigenvalue weighted by Crippen LogP contribution is 2.34. The number of benzene rings is 2. The van der Waals surface area contributed by atoms with Gasteiger partial charge in [0.1, 0.15) is 6.54 Å². The average molecular weight is 351 g/mol. The van der Waals surface area contributed by atoms with Crippen molar-refractivity contribution in [1.29, 1.82) is 0 Å². The van der Waals surface area contributed by atoms with Crippen molar-refractivity contribution < 1.29 is 14.3 Å². The number of aryl methyl sites for hydroxylation is 2. The average Bonchev–Trinajstić information content (AvgIpc) is 3.26. The minimum Gasteiger partial charge on any atom is -0.454 e. The number of hydrogen-bond acceptors (Lipinski definition) is 6. The van der Waals surface area contributed by atoms with Crippen LogP contribution in [-0.2, 0) is 11.3 Å². The van der Waals surface area contributed by atoms with Crippen molar-refractivity contribution in [3.63, 3.8) is 0 Å². The van der Waals surface area contributed by atoms with Crippen LogP contribution in [0, 0.1) is 13.8 Å². The molecule has 1 N–H and O–H groups in total. The first-order valence-electron chi connectivity index (χ1n) is 8.14. The van der Waals surface area contributed by atoms with E-state index in [1.807, 2.05) is 38.1 Å². The summed E-state index contributed by atoms with van der Waals surface area (Å²) in [5.74, 6) is 1.54. The number of nitrogens with zero attached hydrogens (tertiary/aromatic N) is 4. The van der Waals surface area contributed by atoms with Crippen LogP contribution in [0.4, 0.5) is 5.69 Å². The molecule has 8 heteroatoms. The topological polar surface area (TPSA) is 91.2 Å². The molecule has 0 fully saturated rings. The number of ether oxygens (including phenoxy) is 2. The molecule has 0 bridgehead atoms. The quantitative estimate of drug-likeness (QED) is 0.776. The Hall–Kier alpha value is -3.42. The lowest BCUT2D eigenvalue weighted by Gasteiger charge is -2.10. The Morgan fingerprint density at radius 3 is 2.73 bits per heavy atom. The maximum absolute atomic E-state index is 12.3. The molecule has 2 heterocycles. The van der Waals surface area contributed by atoms with Crippen LogP contribution in [0.3, 0.4) is 0 Å². The van der Waals surface area contributed by atoms with E-state index in [1.54, 1.807) is 12.1 Å². The molecule has 1 amide bonds. The van der Waals surface area contributed by atoms with Gasteiger partial charge in [-0.05, 0) is 48.4 Å². The Kier molecular flexibility index (Phi) is 4.00. The summed E-state index contributed by atoms with van der Waals surface area (Å²) in [5, 5.41) is 15.1. The van der Waals surface area contributed by atoms with Gasteiger partial charge in [0.15, 0.2) is 11.5 Å². The third kappa shape index (κ3) is 3.08. The zero-order valence-electron chi connectivity index (χ0n) is 14.4. The molecule has 0 radical (unpaired) electrons. The van der Waals surface area contributed by atoms with Gasteiger partial charge in [-0.2, -0.15) is 4.80 Å². The summed E-state index contributed by atoms with van der Waals surface area (Å²) < 4.78 is 10.6. The molecule has 8 nitrogen and oxygen atoms in total. The number of aromatic nitrogens is 4. The normalized spacial score (nSPS) is 12.2. The van der Waals surface area contributed by atoms with E-state index in [-0.39, 0.29) is 19.2 Å². The van der Waals surface area contributed by atoms with Crippen molar-refractivity contribution >= 4 is 11.6 Å². The number of anilines is 1. The minimum atomic E-state index is -0.211. The second-order valence-corrected chi connectivity index (χ2v) is 6.03. The van der Waals surface area contributed by atoms with Crippen LogP contribution in [0.5, 0.6) is 11.5 Å². The summed E-state index contributed by atoms with van der Waals surface area (Å²) in [5.41, 5.74) is 3.57. The molecule has 1 aliphatic rings. The van der Waals surface area contributed by atoms with E-state index in [1.165, 1.54) is 4.80 Å². The number of carbonyl (C=O) groups excluding carboxylic acids is 1. The van der Waals surface area contributed by atoms with Gasteiger partial charge >= 0.3 is 0 Å². The zero-order valence-corrected chi connectivity index (χ0v) is 14.4. The van der Waals surface area contributed by atoms with Gasteiger partial charge in [-0.15, -0.1) is 10.2 Å². The number of hydrogen-bond donors (Lipinski definition) is 1. The van der Waals surface area contributed by atoms with Gasteiger partial charge < -0.3 is 14.8 Å². The number of carbonyl (C=O) groups is 1. The highest BCUT2D eigenvalue weighted by molar-refractivity contribution is 5.92. The molecule has 3 aromatic rings. The first-order valence-corrected chi connectivity index (χ1v) is 8.14.